The van der Waals surface area contributed by atoms with E-state index in [2.05, 4.69) is 26.5 Å². The first kappa shape index (κ1) is 23.1. The highest BCUT2D eigenvalue weighted by Crippen LogP contribution is 2.34. The lowest BCUT2D eigenvalue weighted by molar-refractivity contribution is -0.138. The summed E-state index contributed by atoms with van der Waals surface area (Å²) < 4.78 is 1.69. The van der Waals surface area contributed by atoms with Gasteiger partial charge < -0.3 is 10.0 Å². The van der Waals surface area contributed by atoms with Gasteiger partial charge in [-0.1, -0.05) is 29.8 Å². The molecule has 0 bridgehead atoms. The van der Waals surface area contributed by atoms with E-state index in [1.54, 1.807) is 23.0 Å². The molecule has 8 nitrogen and oxygen atoms in total. The minimum absolute atomic E-state index is 0.125. The number of carboxylic acid groups (broad SMARTS) is 1. The first-order chi connectivity index (χ1) is 16.3. The zero-order valence-electron chi connectivity index (χ0n) is 18.9. The maximum Gasteiger partial charge on any atom is 0.317 e. The van der Waals surface area contributed by atoms with Gasteiger partial charge in [0, 0.05) is 30.2 Å². The third-order valence-electron chi connectivity index (χ3n) is 6.83. The number of carbonyl (C=O) groups is 1. The fraction of sp³-hybridized carbons (Fsp3) is 0.417. The van der Waals surface area contributed by atoms with Crippen LogP contribution >= 0.6 is 23.2 Å². The Morgan fingerprint density at radius 3 is 2.76 bits per heavy atom. The summed E-state index contributed by atoms with van der Waals surface area (Å²) in [6.07, 6.45) is 3.99. The lowest BCUT2D eigenvalue weighted by atomic mass is 9.80. The Labute approximate surface area is 207 Å². The molecule has 1 N–H and O–H groups in total. The normalized spacial score (nSPS) is 19.4. The van der Waals surface area contributed by atoms with Crippen molar-refractivity contribution >= 4 is 51.8 Å². The van der Waals surface area contributed by atoms with Gasteiger partial charge in [-0.05, 0) is 56.3 Å². The van der Waals surface area contributed by atoms with Crippen LogP contribution in [0.4, 0.5) is 5.82 Å². The van der Waals surface area contributed by atoms with Crippen LogP contribution in [0.5, 0.6) is 0 Å². The van der Waals surface area contributed by atoms with Gasteiger partial charge in [0.25, 0.3) is 0 Å². The maximum atomic E-state index is 11.1. The molecule has 0 radical (unpaired) electrons. The number of anilines is 1. The van der Waals surface area contributed by atoms with E-state index < -0.39 is 5.97 Å². The van der Waals surface area contributed by atoms with Gasteiger partial charge in [0.2, 0.25) is 0 Å². The van der Waals surface area contributed by atoms with Gasteiger partial charge in [0.05, 0.1) is 29.2 Å². The maximum absolute atomic E-state index is 11.1. The van der Waals surface area contributed by atoms with Crippen molar-refractivity contribution in [3.63, 3.8) is 0 Å². The molecule has 178 valence electrons. The van der Waals surface area contributed by atoms with Crippen LogP contribution in [-0.2, 0) is 4.79 Å². The lowest BCUT2D eigenvalue weighted by Gasteiger charge is -2.46. The summed E-state index contributed by atoms with van der Waals surface area (Å²) in [6, 6.07) is 5.28. The van der Waals surface area contributed by atoms with Crippen LogP contribution in [0.25, 0.3) is 16.9 Å². The number of piperidine rings is 1. The summed E-state index contributed by atoms with van der Waals surface area (Å²) in [5, 5.41) is 14.8. The first-order valence-electron chi connectivity index (χ1n) is 11.4. The Morgan fingerprint density at radius 1 is 1.24 bits per heavy atom. The molecule has 2 fully saturated rings. The Bertz CT molecular complexity index is 1270. The van der Waals surface area contributed by atoms with E-state index in [9.17, 15) is 4.79 Å². The Kier molecular flexibility index (Phi) is 6.22. The van der Waals surface area contributed by atoms with Crippen molar-refractivity contribution in [1.29, 1.82) is 0 Å². The van der Waals surface area contributed by atoms with Crippen molar-refractivity contribution in [1.82, 2.24) is 24.6 Å². The molecule has 1 atom stereocenters. The van der Waals surface area contributed by atoms with Crippen LogP contribution in [0, 0.1) is 18.8 Å². The van der Waals surface area contributed by atoms with Crippen LogP contribution in [0.15, 0.2) is 31.0 Å². The second-order valence-corrected chi connectivity index (χ2v) is 10.0. The van der Waals surface area contributed by atoms with E-state index in [0.717, 1.165) is 61.6 Å². The molecule has 0 saturated carbocycles. The third-order valence-corrected chi connectivity index (χ3v) is 7.38. The molecule has 3 aromatic rings. The van der Waals surface area contributed by atoms with Crippen molar-refractivity contribution in [3.05, 3.63) is 52.3 Å². The zero-order chi connectivity index (χ0) is 24.0. The van der Waals surface area contributed by atoms with Gasteiger partial charge in [-0.25, -0.2) is 14.6 Å². The summed E-state index contributed by atoms with van der Waals surface area (Å²) in [5.74, 6) is 1.09. The molecule has 2 aliphatic rings. The minimum atomic E-state index is -0.757. The number of aliphatic carboxylic acids is 1. The highest BCUT2D eigenvalue weighted by Gasteiger charge is 2.37. The standard InChI is InChI=1S/C24H26Cl2N6O2/c1-14-23-24(32(29-14)15(2)19-6-5-18(25)8-20(19)26)28-21(9-27-23)31-11-17(12-31)16-4-3-7-30(10-16)13-22(33)34/h5-6,8-9,16-17H,2-4,7,10-13H2,1H3,(H,33,34)/t16-/m1/s1. The van der Waals surface area contributed by atoms with Gasteiger partial charge in [0.1, 0.15) is 11.3 Å². The van der Waals surface area contributed by atoms with E-state index in [4.69, 9.17) is 33.3 Å². The molecule has 2 saturated heterocycles. The van der Waals surface area contributed by atoms with Gasteiger partial charge in [-0.3, -0.25) is 9.69 Å². The Hall–Kier alpha value is -2.68. The molecule has 0 amide bonds. The fourth-order valence-electron chi connectivity index (χ4n) is 5.00. The Balaban J connectivity index is 1.34. The monoisotopic (exact) mass is 500 g/mol. The molecule has 1 aromatic carbocycles. The smallest absolute Gasteiger partial charge is 0.317 e. The molecule has 2 aliphatic heterocycles. The Morgan fingerprint density at radius 2 is 2.03 bits per heavy atom. The van der Waals surface area contributed by atoms with E-state index in [-0.39, 0.29) is 6.54 Å². The number of likely N-dealkylation sites (tertiary alicyclic amines) is 1. The van der Waals surface area contributed by atoms with Gasteiger partial charge in [-0.15, -0.1) is 0 Å². The van der Waals surface area contributed by atoms with Crippen molar-refractivity contribution < 1.29 is 9.90 Å². The van der Waals surface area contributed by atoms with Crippen LogP contribution in [0.3, 0.4) is 0 Å². The zero-order valence-corrected chi connectivity index (χ0v) is 20.4. The highest BCUT2D eigenvalue weighted by atomic mass is 35.5. The molecular formula is C24H26Cl2N6O2. The van der Waals surface area contributed by atoms with Crippen LogP contribution in [-0.4, -0.2) is 68.4 Å². The minimum Gasteiger partial charge on any atom is -0.480 e. The summed E-state index contributed by atoms with van der Waals surface area (Å²) in [4.78, 5) is 24.9. The molecule has 0 aliphatic carbocycles. The largest absolute Gasteiger partial charge is 0.480 e. The number of aromatic nitrogens is 4. The number of carboxylic acids is 1. The highest BCUT2D eigenvalue weighted by molar-refractivity contribution is 6.35. The predicted octanol–water partition coefficient (Wildman–Crippen LogP) is 4.19. The SMILES string of the molecule is C=C(c1ccc(Cl)cc1Cl)n1nc(C)c2ncc(N3CC([C@@H]4CCCN(CC(=O)O)C4)C3)nc21. The molecule has 2 aromatic heterocycles. The molecule has 4 heterocycles. The number of hydrogen-bond acceptors (Lipinski definition) is 6. The number of fused-ring (bicyclic) bond motifs is 1. The third kappa shape index (κ3) is 4.37. The average molecular weight is 501 g/mol. The average Bonchev–Trinajstić information content (AvgIpc) is 3.08. The molecular weight excluding hydrogens is 475 g/mol. The summed E-state index contributed by atoms with van der Waals surface area (Å²) >= 11 is 12.5. The number of nitrogens with zero attached hydrogens (tertiary/aromatic N) is 6. The number of halogens is 2. The van der Waals surface area contributed by atoms with Gasteiger partial charge in [0.15, 0.2) is 5.65 Å². The van der Waals surface area contributed by atoms with E-state index in [1.807, 2.05) is 13.0 Å². The molecule has 34 heavy (non-hydrogen) atoms. The molecule has 10 heteroatoms. The quantitative estimate of drug-likeness (QED) is 0.542. The second kappa shape index (κ2) is 9.17. The van der Waals surface area contributed by atoms with Crippen LogP contribution in [0.2, 0.25) is 10.0 Å². The van der Waals surface area contributed by atoms with Crippen molar-refractivity contribution in [3.8, 4) is 0 Å². The van der Waals surface area contributed by atoms with E-state index in [0.29, 0.717) is 33.2 Å². The van der Waals surface area contributed by atoms with E-state index in [1.165, 1.54) is 0 Å². The lowest BCUT2D eigenvalue weighted by Crippen LogP contribution is -2.54. The summed E-state index contributed by atoms with van der Waals surface area (Å²) in [7, 11) is 0. The molecule has 0 spiro atoms. The number of rotatable bonds is 6. The first-order valence-corrected chi connectivity index (χ1v) is 12.1. The van der Waals surface area contributed by atoms with Crippen molar-refractivity contribution in [2.24, 2.45) is 11.8 Å². The fourth-order valence-corrected chi connectivity index (χ4v) is 5.52. The van der Waals surface area contributed by atoms with Crippen LogP contribution < -0.4 is 4.90 Å². The van der Waals surface area contributed by atoms with Crippen LogP contribution in [0.1, 0.15) is 24.1 Å². The number of benzene rings is 1. The summed E-state index contributed by atoms with van der Waals surface area (Å²) in [6.45, 7) is 9.73. The van der Waals surface area contributed by atoms with Gasteiger partial charge in [-0.2, -0.15) is 5.10 Å². The van der Waals surface area contributed by atoms with Crippen molar-refractivity contribution in [2.45, 2.75) is 19.8 Å². The number of hydrogen-bond donors (Lipinski definition) is 1. The predicted molar refractivity (Wildman–Crippen MR) is 133 cm³/mol. The van der Waals surface area contributed by atoms with Gasteiger partial charge >= 0.3 is 5.97 Å². The summed E-state index contributed by atoms with van der Waals surface area (Å²) in [5.41, 5.74) is 3.47. The number of aryl methyl sites for hydroxylation is 1. The molecule has 5 rings (SSSR count). The van der Waals surface area contributed by atoms with Crippen molar-refractivity contribution in [2.75, 3.05) is 37.6 Å². The second-order valence-electron chi connectivity index (χ2n) is 9.16. The van der Waals surface area contributed by atoms with E-state index >= 15 is 0 Å². The molecule has 0 unspecified atom stereocenters. The topological polar surface area (TPSA) is 87.4 Å².